The number of likely N-dealkylation sites (N-methyl/N-ethyl adjacent to an activating group) is 2. The fourth-order valence-electron chi connectivity index (χ4n) is 2.03. The van der Waals surface area contributed by atoms with Crippen LogP contribution in [-0.4, -0.2) is 59.7 Å². The minimum Gasteiger partial charge on any atom is -0.340 e. The standard InChI is InChI=1S/C14H16FN3O3/c1-16(7-10-3-5-11(15)6-4-10)12(19)9-18-13(20)8-17(2)14(18)21/h3-6H,7-9H2,1-2H3. The molecule has 1 saturated heterocycles. The Morgan fingerprint density at radius 2 is 1.90 bits per heavy atom. The van der Waals surface area contributed by atoms with E-state index in [4.69, 9.17) is 0 Å². The van der Waals surface area contributed by atoms with Crippen LogP contribution in [0.15, 0.2) is 24.3 Å². The predicted octanol–water partition coefficient (Wildman–Crippen LogP) is 0.678. The number of benzene rings is 1. The first-order valence-corrected chi connectivity index (χ1v) is 6.42. The number of amides is 4. The average Bonchev–Trinajstić information content (AvgIpc) is 2.68. The van der Waals surface area contributed by atoms with Crippen LogP contribution in [0.25, 0.3) is 0 Å². The van der Waals surface area contributed by atoms with E-state index in [1.807, 2.05) is 0 Å². The molecule has 0 N–H and O–H groups in total. The average molecular weight is 293 g/mol. The summed E-state index contributed by atoms with van der Waals surface area (Å²) >= 11 is 0. The van der Waals surface area contributed by atoms with Crippen LogP contribution in [0.1, 0.15) is 5.56 Å². The highest BCUT2D eigenvalue weighted by Gasteiger charge is 2.35. The van der Waals surface area contributed by atoms with Crippen molar-refractivity contribution in [2.24, 2.45) is 0 Å². The third-order valence-corrected chi connectivity index (χ3v) is 3.28. The molecule has 0 radical (unpaired) electrons. The Morgan fingerprint density at radius 3 is 2.43 bits per heavy atom. The molecule has 1 fully saturated rings. The van der Waals surface area contributed by atoms with E-state index in [1.54, 1.807) is 19.2 Å². The molecule has 7 heteroatoms. The zero-order valence-electron chi connectivity index (χ0n) is 11.9. The minimum atomic E-state index is -0.469. The first kappa shape index (κ1) is 15.0. The van der Waals surface area contributed by atoms with Gasteiger partial charge in [-0.25, -0.2) is 9.18 Å². The molecule has 6 nitrogen and oxygen atoms in total. The second-order valence-corrected chi connectivity index (χ2v) is 4.99. The van der Waals surface area contributed by atoms with Crippen molar-refractivity contribution >= 4 is 17.8 Å². The molecule has 21 heavy (non-hydrogen) atoms. The van der Waals surface area contributed by atoms with Gasteiger partial charge in [-0.3, -0.25) is 14.5 Å². The SMILES string of the molecule is CN(Cc1ccc(F)cc1)C(=O)CN1C(=O)CN(C)C1=O. The van der Waals surface area contributed by atoms with Crippen molar-refractivity contribution in [1.29, 1.82) is 0 Å². The van der Waals surface area contributed by atoms with Gasteiger partial charge in [-0.1, -0.05) is 12.1 Å². The molecule has 1 heterocycles. The smallest absolute Gasteiger partial charge is 0.327 e. The summed E-state index contributed by atoms with van der Waals surface area (Å²) in [4.78, 5) is 38.9. The molecule has 1 aliphatic rings. The van der Waals surface area contributed by atoms with Crippen molar-refractivity contribution in [3.05, 3.63) is 35.6 Å². The summed E-state index contributed by atoms with van der Waals surface area (Å²) in [5, 5.41) is 0. The zero-order chi connectivity index (χ0) is 15.6. The van der Waals surface area contributed by atoms with Crippen LogP contribution >= 0.6 is 0 Å². The highest BCUT2D eigenvalue weighted by atomic mass is 19.1. The highest BCUT2D eigenvalue weighted by molar-refractivity contribution is 6.04. The maximum absolute atomic E-state index is 12.8. The van der Waals surface area contributed by atoms with Gasteiger partial charge in [-0.05, 0) is 17.7 Å². The van der Waals surface area contributed by atoms with Crippen LogP contribution in [-0.2, 0) is 16.1 Å². The summed E-state index contributed by atoms with van der Waals surface area (Å²) in [6.07, 6.45) is 0. The second-order valence-electron chi connectivity index (χ2n) is 4.99. The van der Waals surface area contributed by atoms with Gasteiger partial charge in [0.1, 0.15) is 18.9 Å². The molecule has 0 aliphatic carbocycles. The highest BCUT2D eigenvalue weighted by Crippen LogP contribution is 2.10. The first-order chi connectivity index (χ1) is 9.88. The molecule has 0 saturated carbocycles. The van der Waals surface area contributed by atoms with Gasteiger partial charge >= 0.3 is 6.03 Å². The quantitative estimate of drug-likeness (QED) is 0.767. The Morgan fingerprint density at radius 1 is 1.29 bits per heavy atom. The van der Waals surface area contributed by atoms with Crippen molar-refractivity contribution < 1.29 is 18.8 Å². The van der Waals surface area contributed by atoms with Gasteiger partial charge in [0, 0.05) is 20.6 Å². The monoisotopic (exact) mass is 293 g/mol. The van der Waals surface area contributed by atoms with Crippen LogP contribution in [0.5, 0.6) is 0 Å². The summed E-state index contributed by atoms with van der Waals surface area (Å²) in [7, 11) is 3.08. The molecule has 0 bridgehead atoms. The van der Waals surface area contributed by atoms with E-state index in [1.165, 1.54) is 29.0 Å². The molecule has 2 rings (SSSR count). The van der Waals surface area contributed by atoms with E-state index in [0.29, 0.717) is 0 Å². The predicted molar refractivity (Wildman–Crippen MR) is 72.6 cm³/mol. The van der Waals surface area contributed by atoms with Crippen LogP contribution in [0, 0.1) is 5.82 Å². The lowest BCUT2D eigenvalue weighted by atomic mass is 10.2. The van der Waals surface area contributed by atoms with E-state index < -0.39 is 6.03 Å². The Kier molecular flexibility index (Phi) is 4.21. The van der Waals surface area contributed by atoms with Gasteiger partial charge in [0.05, 0.1) is 0 Å². The number of rotatable bonds is 4. The number of carbonyl (C=O) groups is 3. The van der Waals surface area contributed by atoms with E-state index in [2.05, 4.69) is 0 Å². The van der Waals surface area contributed by atoms with E-state index in [-0.39, 0.29) is 37.3 Å². The maximum Gasteiger partial charge on any atom is 0.327 e. The zero-order valence-corrected chi connectivity index (χ0v) is 11.9. The van der Waals surface area contributed by atoms with Gasteiger partial charge < -0.3 is 9.80 Å². The summed E-state index contributed by atoms with van der Waals surface area (Å²) in [6, 6.07) is 5.33. The third kappa shape index (κ3) is 3.36. The van der Waals surface area contributed by atoms with Gasteiger partial charge in [0.15, 0.2) is 0 Å². The van der Waals surface area contributed by atoms with Crippen LogP contribution in [0.3, 0.4) is 0 Å². The van der Waals surface area contributed by atoms with Gasteiger partial charge in [0.2, 0.25) is 5.91 Å². The van der Waals surface area contributed by atoms with Crippen molar-refractivity contribution in [3.63, 3.8) is 0 Å². The van der Waals surface area contributed by atoms with Crippen LogP contribution in [0.2, 0.25) is 0 Å². The summed E-state index contributed by atoms with van der Waals surface area (Å²) < 4.78 is 12.8. The summed E-state index contributed by atoms with van der Waals surface area (Å²) in [6.45, 7) is -0.00132. The Labute approximate surface area is 121 Å². The van der Waals surface area contributed by atoms with Gasteiger partial charge in [-0.15, -0.1) is 0 Å². The number of carbonyl (C=O) groups excluding carboxylic acids is 3. The van der Waals surface area contributed by atoms with Crippen molar-refractivity contribution in [2.75, 3.05) is 27.2 Å². The summed E-state index contributed by atoms with van der Waals surface area (Å²) in [5.41, 5.74) is 0.767. The van der Waals surface area contributed by atoms with Crippen molar-refractivity contribution in [1.82, 2.24) is 14.7 Å². The number of halogens is 1. The fourth-order valence-corrected chi connectivity index (χ4v) is 2.03. The molecule has 0 spiro atoms. The molecule has 1 aromatic rings. The largest absolute Gasteiger partial charge is 0.340 e. The Bertz CT molecular complexity index is 573. The van der Waals surface area contributed by atoms with Gasteiger partial charge in [0.25, 0.3) is 5.91 Å². The first-order valence-electron chi connectivity index (χ1n) is 6.42. The number of hydrogen-bond acceptors (Lipinski definition) is 3. The van der Waals surface area contributed by atoms with E-state index in [0.717, 1.165) is 10.5 Å². The maximum atomic E-state index is 12.8. The van der Waals surface area contributed by atoms with Gasteiger partial charge in [-0.2, -0.15) is 0 Å². The lowest BCUT2D eigenvalue weighted by molar-refractivity contribution is -0.136. The molecule has 0 unspecified atom stereocenters. The molecular formula is C14H16FN3O3. The topological polar surface area (TPSA) is 60.9 Å². The lowest BCUT2D eigenvalue weighted by Crippen LogP contribution is -2.41. The molecule has 0 atom stereocenters. The molecule has 4 amide bonds. The van der Waals surface area contributed by atoms with Crippen LogP contribution in [0.4, 0.5) is 9.18 Å². The van der Waals surface area contributed by atoms with Crippen molar-refractivity contribution in [3.8, 4) is 0 Å². The van der Waals surface area contributed by atoms with Crippen molar-refractivity contribution in [2.45, 2.75) is 6.54 Å². The number of urea groups is 1. The third-order valence-electron chi connectivity index (χ3n) is 3.28. The molecule has 1 aliphatic heterocycles. The molecule has 0 aromatic heterocycles. The van der Waals surface area contributed by atoms with Crippen LogP contribution < -0.4 is 0 Å². The summed E-state index contributed by atoms with van der Waals surface area (Å²) in [5.74, 6) is -1.08. The Balaban J connectivity index is 1.95. The Hall–Kier alpha value is -2.44. The lowest BCUT2D eigenvalue weighted by Gasteiger charge is -2.20. The number of hydrogen-bond donors (Lipinski definition) is 0. The molecular weight excluding hydrogens is 277 g/mol. The molecule has 1 aromatic carbocycles. The number of imide groups is 1. The minimum absolute atomic E-state index is 0.00616. The van der Waals surface area contributed by atoms with E-state index >= 15 is 0 Å². The number of nitrogens with zero attached hydrogens (tertiary/aromatic N) is 3. The molecule has 112 valence electrons. The van der Waals surface area contributed by atoms with E-state index in [9.17, 15) is 18.8 Å². The second kappa shape index (κ2) is 5.90. The normalized spacial score (nSPS) is 14.8. The fraction of sp³-hybridized carbons (Fsp3) is 0.357.